The molecule has 20 heavy (non-hydrogen) atoms. The number of hydrogen-bond acceptors (Lipinski definition) is 2. The van der Waals surface area contributed by atoms with E-state index in [0.717, 1.165) is 16.1 Å². The molecule has 0 aliphatic rings. The molecule has 0 saturated heterocycles. The lowest BCUT2D eigenvalue weighted by molar-refractivity contribution is 0.491. The van der Waals surface area contributed by atoms with Crippen LogP contribution in [0.3, 0.4) is 0 Å². The minimum atomic E-state index is -0.908. The van der Waals surface area contributed by atoms with Gasteiger partial charge in [0.15, 0.2) is 11.6 Å². The maximum absolute atomic E-state index is 13.6. The number of nitrogens with one attached hydrogen (secondary N) is 1. The fourth-order valence-electron chi connectivity index (χ4n) is 1.95. The molecular formula is C14H12Br2F2N2. The normalized spacial score (nSPS) is 12.4. The van der Waals surface area contributed by atoms with E-state index < -0.39 is 11.6 Å². The molecule has 106 valence electrons. The van der Waals surface area contributed by atoms with Gasteiger partial charge in [0.05, 0.1) is 10.5 Å². The average Bonchev–Trinajstić information content (AvgIpc) is 2.45. The van der Waals surface area contributed by atoms with Gasteiger partial charge in [-0.15, -0.1) is 0 Å². The molecule has 0 amide bonds. The second-order valence-corrected chi connectivity index (χ2v) is 5.93. The number of nitrogens with two attached hydrogens (primary N) is 1. The Morgan fingerprint density at radius 1 is 1.10 bits per heavy atom. The summed E-state index contributed by atoms with van der Waals surface area (Å²) in [6.45, 7) is 0. The summed E-state index contributed by atoms with van der Waals surface area (Å²) >= 11 is 6.54. The monoisotopic (exact) mass is 404 g/mol. The van der Waals surface area contributed by atoms with Crippen molar-refractivity contribution in [3.63, 3.8) is 0 Å². The summed E-state index contributed by atoms with van der Waals surface area (Å²) in [6, 6.07) is 9.97. The van der Waals surface area contributed by atoms with Crippen molar-refractivity contribution in [1.82, 2.24) is 5.43 Å². The summed E-state index contributed by atoms with van der Waals surface area (Å²) in [6.07, 6.45) is 0.543. The van der Waals surface area contributed by atoms with E-state index in [0.29, 0.717) is 12.0 Å². The van der Waals surface area contributed by atoms with Crippen molar-refractivity contribution in [3.8, 4) is 0 Å². The van der Waals surface area contributed by atoms with Crippen molar-refractivity contribution in [2.75, 3.05) is 0 Å². The van der Waals surface area contributed by atoms with Crippen LogP contribution in [-0.4, -0.2) is 0 Å². The van der Waals surface area contributed by atoms with Crippen molar-refractivity contribution in [3.05, 3.63) is 68.1 Å². The first kappa shape index (κ1) is 15.6. The molecule has 0 radical (unpaired) electrons. The minimum absolute atomic E-state index is 0.0903. The second-order valence-electron chi connectivity index (χ2n) is 4.28. The van der Waals surface area contributed by atoms with Crippen LogP contribution in [0.25, 0.3) is 0 Å². The van der Waals surface area contributed by atoms with E-state index in [9.17, 15) is 8.78 Å². The van der Waals surface area contributed by atoms with Crippen LogP contribution in [0.15, 0.2) is 45.3 Å². The Bertz CT molecular complexity index is 620. The molecule has 1 atom stereocenters. The maximum atomic E-state index is 13.6. The molecule has 0 fully saturated rings. The van der Waals surface area contributed by atoms with Gasteiger partial charge in [-0.3, -0.25) is 11.3 Å². The predicted octanol–water partition coefficient (Wildman–Crippen LogP) is 4.24. The molecule has 0 aliphatic carbocycles. The van der Waals surface area contributed by atoms with Crippen molar-refractivity contribution in [1.29, 1.82) is 0 Å². The van der Waals surface area contributed by atoms with Crippen molar-refractivity contribution >= 4 is 31.9 Å². The molecule has 6 heteroatoms. The molecule has 3 N–H and O–H groups in total. The van der Waals surface area contributed by atoms with Crippen LogP contribution in [0, 0.1) is 11.6 Å². The molecule has 2 aromatic carbocycles. The third-order valence-electron chi connectivity index (χ3n) is 3.02. The van der Waals surface area contributed by atoms with Gasteiger partial charge >= 0.3 is 0 Å². The standard InChI is InChI=1S/C14H12Br2F2N2/c15-10-4-2-1-3-8(10)7-12(20-19)9-5-6-11(17)14(18)13(9)16/h1-6,12,20H,7,19H2. The highest BCUT2D eigenvalue weighted by Crippen LogP contribution is 2.30. The van der Waals surface area contributed by atoms with Crippen LogP contribution in [0.2, 0.25) is 0 Å². The quantitative estimate of drug-likeness (QED) is 0.453. The lowest BCUT2D eigenvalue weighted by Gasteiger charge is -2.19. The zero-order chi connectivity index (χ0) is 14.7. The molecule has 0 aromatic heterocycles. The summed E-state index contributed by atoms with van der Waals surface area (Å²) in [5.41, 5.74) is 4.23. The van der Waals surface area contributed by atoms with Crippen LogP contribution in [-0.2, 0) is 6.42 Å². The Kier molecular flexibility index (Phi) is 5.26. The molecule has 0 aliphatic heterocycles. The Morgan fingerprint density at radius 3 is 2.45 bits per heavy atom. The maximum Gasteiger partial charge on any atom is 0.173 e. The number of hydrazine groups is 1. The molecular weight excluding hydrogens is 394 g/mol. The van der Waals surface area contributed by atoms with Gasteiger partial charge < -0.3 is 0 Å². The van der Waals surface area contributed by atoms with E-state index in [4.69, 9.17) is 5.84 Å². The van der Waals surface area contributed by atoms with Crippen molar-refractivity contribution < 1.29 is 8.78 Å². The zero-order valence-electron chi connectivity index (χ0n) is 10.3. The number of rotatable bonds is 4. The lowest BCUT2D eigenvalue weighted by Crippen LogP contribution is -2.30. The third kappa shape index (κ3) is 3.25. The molecule has 1 unspecified atom stereocenters. The van der Waals surface area contributed by atoms with Crippen LogP contribution in [0.4, 0.5) is 8.78 Å². The van der Waals surface area contributed by atoms with Gasteiger partial charge in [-0.2, -0.15) is 0 Å². The zero-order valence-corrected chi connectivity index (χ0v) is 13.5. The van der Waals surface area contributed by atoms with Gasteiger partial charge in [0, 0.05) is 4.47 Å². The topological polar surface area (TPSA) is 38.0 Å². The highest BCUT2D eigenvalue weighted by atomic mass is 79.9. The Morgan fingerprint density at radius 2 is 1.80 bits per heavy atom. The predicted molar refractivity (Wildman–Crippen MR) is 82.0 cm³/mol. The summed E-state index contributed by atoms with van der Waals surface area (Å²) in [7, 11) is 0. The van der Waals surface area contributed by atoms with E-state index >= 15 is 0 Å². The molecule has 2 nitrogen and oxygen atoms in total. The fraction of sp³-hybridized carbons (Fsp3) is 0.143. The second kappa shape index (κ2) is 6.76. The lowest BCUT2D eigenvalue weighted by atomic mass is 9.99. The summed E-state index contributed by atoms with van der Waals surface area (Å²) in [5, 5.41) is 0. The molecule has 0 bridgehead atoms. The molecule has 2 aromatic rings. The number of halogens is 4. The third-order valence-corrected chi connectivity index (χ3v) is 4.60. The molecule has 0 heterocycles. The Hall–Kier alpha value is -0.820. The minimum Gasteiger partial charge on any atom is -0.271 e. The SMILES string of the molecule is NNC(Cc1ccccc1Br)c1ccc(F)c(F)c1Br. The van der Waals surface area contributed by atoms with E-state index in [1.807, 2.05) is 24.3 Å². The number of hydrogen-bond donors (Lipinski definition) is 2. The molecule has 0 spiro atoms. The van der Waals surface area contributed by atoms with Gasteiger partial charge in [0.2, 0.25) is 0 Å². The highest BCUT2D eigenvalue weighted by Gasteiger charge is 2.19. The molecule has 2 rings (SSSR count). The van der Waals surface area contributed by atoms with Gasteiger partial charge in [0.1, 0.15) is 0 Å². The van der Waals surface area contributed by atoms with Crippen LogP contribution >= 0.6 is 31.9 Å². The van der Waals surface area contributed by atoms with Crippen LogP contribution < -0.4 is 11.3 Å². The van der Waals surface area contributed by atoms with Gasteiger partial charge in [0.25, 0.3) is 0 Å². The number of benzene rings is 2. The summed E-state index contributed by atoms with van der Waals surface area (Å²) in [4.78, 5) is 0. The van der Waals surface area contributed by atoms with E-state index in [1.165, 1.54) is 6.07 Å². The van der Waals surface area contributed by atoms with Gasteiger partial charge in [-0.05, 0) is 45.6 Å². The summed E-state index contributed by atoms with van der Waals surface area (Å²) in [5.74, 6) is 3.76. The molecule has 0 saturated carbocycles. The van der Waals surface area contributed by atoms with E-state index in [2.05, 4.69) is 37.3 Å². The first-order valence-corrected chi connectivity index (χ1v) is 7.46. The Balaban J connectivity index is 2.34. The Labute approximate surface area is 132 Å². The fourth-order valence-corrected chi connectivity index (χ4v) is 3.00. The smallest absolute Gasteiger partial charge is 0.173 e. The first-order chi connectivity index (χ1) is 9.54. The average molecular weight is 406 g/mol. The van der Waals surface area contributed by atoms with Gasteiger partial charge in [-0.25, -0.2) is 8.78 Å². The van der Waals surface area contributed by atoms with Crippen LogP contribution in [0.1, 0.15) is 17.2 Å². The van der Waals surface area contributed by atoms with Gasteiger partial charge in [-0.1, -0.05) is 40.2 Å². The van der Waals surface area contributed by atoms with Crippen LogP contribution in [0.5, 0.6) is 0 Å². The highest BCUT2D eigenvalue weighted by molar-refractivity contribution is 9.10. The van der Waals surface area contributed by atoms with Crippen molar-refractivity contribution in [2.24, 2.45) is 5.84 Å². The van der Waals surface area contributed by atoms with E-state index in [1.54, 1.807) is 0 Å². The largest absolute Gasteiger partial charge is 0.271 e. The van der Waals surface area contributed by atoms with Crippen molar-refractivity contribution in [2.45, 2.75) is 12.5 Å². The van der Waals surface area contributed by atoms with E-state index in [-0.39, 0.29) is 10.5 Å². The first-order valence-electron chi connectivity index (χ1n) is 5.87. The summed E-state index contributed by atoms with van der Waals surface area (Å²) < 4.78 is 27.8.